The van der Waals surface area contributed by atoms with E-state index in [0.29, 0.717) is 5.92 Å². The third-order valence-corrected chi connectivity index (χ3v) is 14.1. The zero-order valence-corrected chi connectivity index (χ0v) is 33.6. The number of nitrogens with zero attached hydrogens (tertiary/aromatic N) is 2. The number of anilines is 4. The summed E-state index contributed by atoms with van der Waals surface area (Å²) < 4.78 is 2.60. The zero-order chi connectivity index (χ0) is 38.4. The van der Waals surface area contributed by atoms with Crippen LogP contribution in [0.1, 0.15) is 33.3 Å². The van der Waals surface area contributed by atoms with Crippen LogP contribution in [0.2, 0.25) is 0 Å². The first kappa shape index (κ1) is 34.1. The summed E-state index contributed by atoms with van der Waals surface area (Å²) in [6, 6.07) is 61.0. The van der Waals surface area contributed by atoms with Gasteiger partial charge in [-0.1, -0.05) is 166 Å². The predicted molar refractivity (Wildman–Crippen MR) is 245 cm³/mol. The molecule has 8 aromatic rings. The molecule has 1 aliphatic heterocycles. The summed E-state index contributed by atoms with van der Waals surface area (Å²) in [7, 11) is 0. The average Bonchev–Trinajstić information content (AvgIpc) is 3.64. The highest BCUT2D eigenvalue weighted by Gasteiger charge is 2.50. The maximum atomic E-state index is 2.70. The van der Waals surface area contributed by atoms with Crippen LogP contribution in [-0.2, 0) is 0 Å². The summed E-state index contributed by atoms with van der Waals surface area (Å²) in [6.07, 6.45) is 5.03. The standard InChI is InChI=1S/C54H44N2S/c1-34-30-31-54(4)52-36(3)53(49(35(2)48(34)52)39-21-10-6-11-22-39)55(40-23-12-7-13-24-40)45-32-41(56(54)44-27-17-16-25-42(44)37-18-8-5-9-19-37)33-47-51(45)50-43-26-15-14-20-38(43)28-29-46(50)57-47/h5-36H,1-4H3. The molecule has 0 N–H and O–H groups in total. The molecule has 0 saturated heterocycles. The highest BCUT2D eigenvalue weighted by Crippen LogP contribution is 2.60. The third-order valence-electron chi connectivity index (χ3n) is 13.0. The molecule has 2 nitrogen and oxygen atoms in total. The Kier molecular flexibility index (Phi) is 7.75. The third kappa shape index (κ3) is 5.01. The number of allylic oxidation sites excluding steroid dienone is 4. The van der Waals surface area contributed by atoms with Gasteiger partial charge in [-0.25, -0.2) is 0 Å². The van der Waals surface area contributed by atoms with Crippen LogP contribution < -0.4 is 9.80 Å². The van der Waals surface area contributed by atoms with Crippen LogP contribution in [-0.4, -0.2) is 5.54 Å². The smallest absolute Gasteiger partial charge is 0.0827 e. The molecule has 3 aliphatic rings. The van der Waals surface area contributed by atoms with Crippen molar-refractivity contribution >= 4 is 70.6 Å². The van der Waals surface area contributed by atoms with Gasteiger partial charge in [0.05, 0.1) is 16.9 Å². The van der Waals surface area contributed by atoms with Gasteiger partial charge in [-0.15, -0.1) is 11.3 Å². The van der Waals surface area contributed by atoms with Crippen molar-refractivity contribution in [2.75, 3.05) is 9.80 Å². The van der Waals surface area contributed by atoms with Crippen molar-refractivity contribution in [1.82, 2.24) is 0 Å². The molecular weight excluding hydrogens is 709 g/mol. The van der Waals surface area contributed by atoms with Crippen molar-refractivity contribution in [3.8, 4) is 11.1 Å². The maximum Gasteiger partial charge on any atom is 0.0827 e. The van der Waals surface area contributed by atoms with E-state index in [9.17, 15) is 0 Å². The maximum absolute atomic E-state index is 2.70. The van der Waals surface area contributed by atoms with E-state index < -0.39 is 5.54 Å². The van der Waals surface area contributed by atoms with E-state index >= 15 is 0 Å². The Morgan fingerprint density at radius 2 is 1.23 bits per heavy atom. The summed E-state index contributed by atoms with van der Waals surface area (Å²) in [5.41, 5.74) is 13.9. The Hall–Kier alpha value is -6.16. The fourth-order valence-electron chi connectivity index (χ4n) is 10.8. The summed E-state index contributed by atoms with van der Waals surface area (Å²) in [5, 5.41) is 5.22. The number of para-hydroxylation sites is 2. The van der Waals surface area contributed by atoms with Gasteiger partial charge in [0.25, 0.3) is 0 Å². The van der Waals surface area contributed by atoms with Gasteiger partial charge < -0.3 is 9.80 Å². The molecule has 0 fully saturated rings. The topological polar surface area (TPSA) is 6.48 Å². The number of thiophene rings is 1. The van der Waals surface area contributed by atoms with Crippen molar-refractivity contribution in [2.24, 2.45) is 17.8 Å². The molecule has 7 aromatic carbocycles. The van der Waals surface area contributed by atoms with Crippen LogP contribution in [0.25, 0.3) is 47.6 Å². The van der Waals surface area contributed by atoms with Crippen molar-refractivity contribution in [3.05, 3.63) is 198 Å². The Morgan fingerprint density at radius 1 is 0.561 bits per heavy atom. The molecule has 4 unspecified atom stereocenters. The number of fused-ring (bicyclic) bond motifs is 9. The van der Waals surface area contributed by atoms with E-state index in [2.05, 4.69) is 213 Å². The summed E-state index contributed by atoms with van der Waals surface area (Å²) in [4.78, 5) is 5.37. The quantitative estimate of drug-likeness (QED) is 0.165. The van der Waals surface area contributed by atoms with Gasteiger partial charge in [0.2, 0.25) is 0 Å². The highest BCUT2D eigenvalue weighted by atomic mass is 32.1. The Labute approximate surface area is 339 Å². The van der Waals surface area contributed by atoms with Crippen molar-refractivity contribution < 1.29 is 0 Å². The molecule has 3 heteroatoms. The zero-order valence-electron chi connectivity index (χ0n) is 32.8. The van der Waals surface area contributed by atoms with Crippen LogP contribution in [0, 0.1) is 17.8 Å². The normalized spacial score (nSPS) is 21.6. The Morgan fingerprint density at radius 3 is 2.00 bits per heavy atom. The van der Waals surface area contributed by atoms with E-state index in [1.165, 1.54) is 87.2 Å². The summed E-state index contributed by atoms with van der Waals surface area (Å²) in [6.45, 7) is 9.86. The molecule has 1 aromatic heterocycles. The highest BCUT2D eigenvalue weighted by molar-refractivity contribution is 7.26. The van der Waals surface area contributed by atoms with E-state index in [0.717, 1.165) is 0 Å². The van der Waals surface area contributed by atoms with Gasteiger partial charge in [-0.05, 0) is 82.3 Å². The minimum absolute atomic E-state index is 0.0846. The summed E-state index contributed by atoms with van der Waals surface area (Å²) in [5.74, 6) is 0.559. The molecule has 2 heterocycles. The molecule has 4 bridgehead atoms. The lowest BCUT2D eigenvalue weighted by Gasteiger charge is -2.52. The van der Waals surface area contributed by atoms with Crippen LogP contribution in [0.15, 0.2) is 193 Å². The minimum atomic E-state index is -0.477. The van der Waals surface area contributed by atoms with Gasteiger partial charge in [0.1, 0.15) is 0 Å². The molecule has 0 amide bonds. The van der Waals surface area contributed by atoms with Crippen molar-refractivity contribution in [2.45, 2.75) is 33.2 Å². The molecule has 276 valence electrons. The van der Waals surface area contributed by atoms with E-state index in [1.54, 1.807) is 5.57 Å². The van der Waals surface area contributed by atoms with Gasteiger partial charge >= 0.3 is 0 Å². The van der Waals surface area contributed by atoms with E-state index in [1.807, 2.05) is 11.3 Å². The lowest BCUT2D eigenvalue weighted by Crippen LogP contribution is -2.50. The molecule has 0 spiro atoms. The van der Waals surface area contributed by atoms with Gasteiger partial charge in [0.15, 0.2) is 0 Å². The van der Waals surface area contributed by atoms with E-state index in [4.69, 9.17) is 0 Å². The predicted octanol–water partition coefficient (Wildman–Crippen LogP) is 15.1. The van der Waals surface area contributed by atoms with Crippen LogP contribution in [0.5, 0.6) is 0 Å². The minimum Gasteiger partial charge on any atom is -0.328 e. The van der Waals surface area contributed by atoms with Crippen LogP contribution in [0.4, 0.5) is 22.7 Å². The Balaban J connectivity index is 1.36. The fraction of sp³-hybridized carbons (Fsp3) is 0.148. The molecule has 11 rings (SSSR count). The van der Waals surface area contributed by atoms with Crippen molar-refractivity contribution in [3.63, 3.8) is 0 Å². The van der Waals surface area contributed by atoms with Gasteiger partial charge in [0, 0.05) is 54.6 Å². The van der Waals surface area contributed by atoms with Gasteiger partial charge in [-0.2, -0.15) is 0 Å². The fourth-order valence-corrected chi connectivity index (χ4v) is 11.9. The second-order valence-corrected chi connectivity index (χ2v) is 17.3. The second kappa shape index (κ2) is 12.9. The SMILES string of the molecule is CC1C=CC2(C)C3=C1C(C)C(c1ccccc1)=C(C3C)N(c1ccccc1)c1cc(cc3sc4ccc5ccccc5c4c13)N2c1ccccc1-c1ccccc1. The Bertz CT molecular complexity index is 2970. The lowest BCUT2D eigenvalue weighted by molar-refractivity contribution is 0.507. The largest absolute Gasteiger partial charge is 0.328 e. The molecule has 4 atom stereocenters. The number of rotatable bonds is 4. The van der Waals surface area contributed by atoms with Crippen molar-refractivity contribution in [1.29, 1.82) is 0 Å². The number of hydrogen-bond acceptors (Lipinski definition) is 3. The lowest BCUT2D eigenvalue weighted by atomic mass is 9.62. The second-order valence-electron chi connectivity index (χ2n) is 16.3. The first-order valence-corrected chi connectivity index (χ1v) is 21.1. The molecule has 0 saturated carbocycles. The van der Waals surface area contributed by atoms with Crippen LogP contribution >= 0.6 is 11.3 Å². The molecular formula is C54H44N2S. The number of hydrogen-bond donors (Lipinski definition) is 0. The molecule has 57 heavy (non-hydrogen) atoms. The van der Waals surface area contributed by atoms with E-state index in [-0.39, 0.29) is 11.8 Å². The number of benzene rings is 7. The van der Waals surface area contributed by atoms with Crippen LogP contribution in [0.3, 0.4) is 0 Å². The average molecular weight is 753 g/mol. The first-order valence-electron chi connectivity index (χ1n) is 20.3. The molecule has 0 radical (unpaired) electrons. The first-order chi connectivity index (χ1) is 27.9. The monoisotopic (exact) mass is 752 g/mol. The van der Waals surface area contributed by atoms with Gasteiger partial charge in [-0.3, -0.25) is 0 Å². The summed E-state index contributed by atoms with van der Waals surface area (Å²) >= 11 is 1.92. The molecule has 2 aliphatic carbocycles.